The van der Waals surface area contributed by atoms with Crippen LogP contribution < -0.4 is 0 Å². The van der Waals surface area contributed by atoms with E-state index in [1.54, 1.807) is 0 Å². The zero-order valence-electron chi connectivity index (χ0n) is 3.06. The third kappa shape index (κ3) is 99.1. The molecule has 0 spiro atoms. The van der Waals surface area contributed by atoms with Gasteiger partial charge in [0.1, 0.15) is 0 Å². The van der Waals surface area contributed by atoms with Crippen LogP contribution in [-0.2, 0) is 15.9 Å². The first kappa shape index (κ1) is 9.97. The molecule has 0 fully saturated rings. The maximum absolute atomic E-state index is 4.81. The van der Waals surface area contributed by atoms with Crippen molar-refractivity contribution in [3.63, 3.8) is 0 Å². The molecule has 0 saturated carbocycles. The molecule has 0 radical (unpaired) electrons. The number of allylic oxidation sites excluding steroid dienone is 1. The Kier molecular flexibility index (Phi) is 28.1. The molecule has 0 rings (SSSR count). The van der Waals surface area contributed by atoms with Crippen molar-refractivity contribution in [3.05, 3.63) is 19.6 Å². The predicted octanol–water partition coefficient (Wildman–Crippen LogP) is 2.38. The summed E-state index contributed by atoms with van der Waals surface area (Å²) in [7, 11) is 9.63. The molecule has 0 aliphatic heterocycles. The Morgan fingerprint density at radius 2 is 1.67 bits per heavy atom. The van der Waals surface area contributed by atoms with Crippen molar-refractivity contribution in [2.75, 3.05) is 0 Å². The average Bonchev–Trinajstić information content (AvgIpc) is 1.39. The van der Waals surface area contributed by atoms with Gasteiger partial charge in [-0.3, -0.25) is 0 Å². The summed E-state index contributed by atoms with van der Waals surface area (Å²) in [5, 5.41) is 0. The summed E-state index contributed by atoms with van der Waals surface area (Å²) in [6.45, 7) is 6.50. The molecule has 0 aliphatic rings. The average molecular weight is 218 g/mol. The molecule has 0 aliphatic carbocycles. The van der Waals surface area contributed by atoms with Crippen molar-refractivity contribution < 1.29 is 15.9 Å². The zero-order valence-corrected chi connectivity index (χ0v) is 6.13. The van der Waals surface area contributed by atoms with Gasteiger partial charge in [0.15, 0.2) is 0 Å². The Morgan fingerprint density at radius 3 is 1.67 bits per heavy atom. The molecule has 0 aromatic heterocycles. The van der Waals surface area contributed by atoms with Gasteiger partial charge in [-0.15, -0.1) is 0 Å². The molecule has 0 unspecified atom stereocenters. The van der Waals surface area contributed by atoms with Gasteiger partial charge >= 0.3 is 35.0 Å². The zero-order chi connectivity index (χ0) is 5.41. The molecule has 42 valence electrons. The van der Waals surface area contributed by atoms with Gasteiger partial charge in [0.2, 0.25) is 0 Å². The molecule has 0 heterocycles. The van der Waals surface area contributed by atoms with Crippen LogP contribution in [0.3, 0.4) is 0 Å². The van der Waals surface area contributed by atoms with Gasteiger partial charge in [-0.25, -0.2) is 19.6 Å². The molecule has 0 saturated heterocycles. The van der Waals surface area contributed by atoms with E-state index < -0.39 is 0 Å². The molecular formula is C3H5Cl2Pd-. The summed E-state index contributed by atoms with van der Waals surface area (Å²) >= 11 is -0.106. The van der Waals surface area contributed by atoms with Gasteiger partial charge in [0.05, 0.1) is 0 Å². The van der Waals surface area contributed by atoms with E-state index in [0.29, 0.717) is 0 Å². The monoisotopic (exact) mass is 217 g/mol. The summed E-state index contributed by atoms with van der Waals surface area (Å²) in [6, 6.07) is 0. The van der Waals surface area contributed by atoms with Gasteiger partial charge in [-0.2, -0.15) is 0 Å². The molecule has 0 aromatic rings. The van der Waals surface area contributed by atoms with Crippen LogP contribution in [0.15, 0.2) is 12.7 Å². The van der Waals surface area contributed by atoms with Crippen molar-refractivity contribution in [2.24, 2.45) is 0 Å². The maximum atomic E-state index is 4.81. The molecule has 0 N–H and O–H groups in total. The van der Waals surface area contributed by atoms with Crippen LogP contribution >= 0.6 is 19.1 Å². The second-order valence-corrected chi connectivity index (χ2v) is 2.69. The Balaban J connectivity index is 0. The molecule has 0 amide bonds. The van der Waals surface area contributed by atoms with Crippen LogP contribution in [0.25, 0.3) is 0 Å². The molecule has 6 heavy (non-hydrogen) atoms. The van der Waals surface area contributed by atoms with E-state index in [4.69, 9.17) is 19.1 Å². The Hall–Kier alpha value is 0.852. The number of hydrogen-bond acceptors (Lipinski definition) is 0. The van der Waals surface area contributed by atoms with Crippen LogP contribution in [0.4, 0.5) is 0 Å². The normalized spacial score (nSPS) is 5.67. The minimum atomic E-state index is -0.106. The standard InChI is InChI=1S/C3H5.2ClH.Pd/c1-3-2;;;/h3H,1-2H2;2*1H;/q-1;;;+2/p-2. The minimum absolute atomic E-state index is 0.106. The predicted molar refractivity (Wildman–Crippen MR) is 27.3 cm³/mol. The number of hydrogen-bond donors (Lipinski definition) is 0. The first-order chi connectivity index (χ1) is 2.83. The van der Waals surface area contributed by atoms with Crippen LogP contribution in [0, 0.1) is 6.92 Å². The number of halogens is 2. The third-order valence-electron chi connectivity index (χ3n) is 0. The van der Waals surface area contributed by atoms with E-state index in [2.05, 4.69) is 13.5 Å². The fraction of sp³-hybridized carbons (Fsp3) is 0. The quantitative estimate of drug-likeness (QED) is 0.432. The van der Waals surface area contributed by atoms with Crippen molar-refractivity contribution >= 4 is 19.1 Å². The molecule has 0 nitrogen and oxygen atoms in total. The third-order valence-corrected chi connectivity index (χ3v) is 0. The van der Waals surface area contributed by atoms with E-state index in [-0.39, 0.29) is 15.9 Å². The summed E-state index contributed by atoms with van der Waals surface area (Å²) in [5.41, 5.74) is 0. The number of rotatable bonds is 0. The van der Waals surface area contributed by atoms with Crippen LogP contribution in [-0.4, -0.2) is 0 Å². The molecule has 0 aromatic carbocycles. The first-order valence-corrected chi connectivity index (χ1v) is 5.06. The Labute approximate surface area is 54.6 Å². The van der Waals surface area contributed by atoms with Crippen molar-refractivity contribution in [3.8, 4) is 0 Å². The molecule has 0 bridgehead atoms. The summed E-state index contributed by atoms with van der Waals surface area (Å²) < 4.78 is 0. The van der Waals surface area contributed by atoms with Crippen molar-refractivity contribution in [2.45, 2.75) is 0 Å². The van der Waals surface area contributed by atoms with Crippen molar-refractivity contribution in [1.82, 2.24) is 0 Å². The Bertz CT molecular complexity index is 22.8. The van der Waals surface area contributed by atoms with Crippen molar-refractivity contribution in [1.29, 1.82) is 0 Å². The second-order valence-electron chi connectivity index (χ2n) is 0.334. The van der Waals surface area contributed by atoms with Gasteiger partial charge in [-0.05, 0) is 0 Å². The second kappa shape index (κ2) is 16.9. The molecular weight excluding hydrogens is 213 g/mol. The van der Waals surface area contributed by atoms with Gasteiger partial charge in [-0.1, -0.05) is 0 Å². The van der Waals surface area contributed by atoms with Crippen LogP contribution in [0.1, 0.15) is 0 Å². The molecule has 3 heteroatoms. The van der Waals surface area contributed by atoms with Crippen LogP contribution in [0.5, 0.6) is 0 Å². The fourth-order valence-corrected chi connectivity index (χ4v) is 0. The van der Waals surface area contributed by atoms with Gasteiger partial charge in [0.25, 0.3) is 0 Å². The summed E-state index contributed by atoms with van der Waals surface area (Å²) in [5.74, 6) is 0. The first-order valence-electron chi connectivity index (χ1n) is 1.06. The van der Waals surface area contributed by atoms with Gasteiger partial charge in [0, 0.05) is 0 Å². The van der Waals surface area contributed by atoms with Gasteiger partial charge < -0.3 is 0 Å². The summed E-state index contributed by atoms with van der Waals surface area (Å²) in [6.07, 6.45) is 1.50. The van der Waals surface area contributed by atoms with Crippen LogP contribution in [0.2, 0.25) is 0 Å². The van der Waals surface area contributed by atoms with E-state index >= 15 is 0 Å². The summed E-state index contributed by atoms with van der Waals surface area (Å²) in [4.78, 5) is 0. The van der Waals surface area contributed by atoms with E-state index in [0.717, 1.165) is 0 Å². The SMILES string of the molecule is C=C[CH2-].[Cl][Pd][Cl]. The van der Waals surface area contributed by atoms with E-state index in [1.807, 2.05) is 0 Å². The van der Waals surface area contributed by atoms with E-state index in [9.17, 15) is 0 Å². The molecule has 0 atom stereocenters. The Morgan fingerprint density at radius 1 is 1.67 bits per heavy atom. The van der Waals surface area contributed by atoms with E-state index in [1.165, 1.54) is 6.08 Å². The topological polar surface area (TPSA) is 0 Å². The fourth-order valence-electron chi connectivity index (χ4n) is 0.